The highest BCUT2D eigenvalue weighted by molar-refractivity contribution is 5.95. The van der Waals surface area contributed by atoms with Gasteiger partial charge in [-0.15, -0.1) is 0 Å². The first-order valence-corrected chi connectivity index (χ1v) is 8.29. The molecule has 2 amide bonds. The topological polar surface area (TPSA) is 58.6 Å². The largest absolute Gasteiger partial charge is 0.497 e. The number of amides is 2. The number of rotatable bonds is 7. The summed E-state index contributed by atoms with van der Waals surface area (Å²) < 4.78 is 5.13. The molecule has 0 heterocycles. The summed E-state index contributed by atoms with van der Waals surface area (Å²) in [6.07, 6.45) is 0.685. The number of nitrogens with zero attached hydrogens (tertiary/aromatic N) is 1. The monoisotopic (exact) mass is 340 g/mol. The van der Waals surface area contributed by atoms with Gasteiger partial charge in [-0.2, -0.15) is 0 Å². The minimum Gasteiger partial charge on any atom is -0.497 e. The summed E-state index contributed by atoms with van der Waals surface area (Å²) in [5.41, 5.74) is 1.61. The third-order valence-electron chi connectivity index (χ3n) is 4.02. The third-order valence-corrected chi connectivity index (χ3v) is 4.02. The van der Waals surface area contributed by atoms with Crippen LogP contribution in [0.3, 0.4) is 0 Å². The Balaban J connectivity index is 1.98. The molecule has 132 valence electrons. The van der Waals surface area contributed by atoms with Gasteiger partial charge in [0.2, 0.25) is 11.8 Å². The second-order valence-corrected chi connectivity index (χ2v) is 5.85. The van der Waals surface area contributed by atoms with Crippen molar-refractivity contribution in [3.05, 3.63) is 60.2 Å². The highest BCUT2D eigenvalue weighted by atomic mass is 16.5. The molecule has 0 spiro atoms. The van der Waals surface area contributed by atoms with Gasteiger partial charge in [-0.05, 0) is 24.1 Å². The number of carbonyl (C=O) groups is 2. The first kappa shape index (κ1) is 18.5. The molecule has 5 nitrogen and oxygen atoms in total. The van der Waals surface area contributed by atoms with E-state index in [1.807, 2.05) is 37.3 Å². The van der Waals surface area contributed by atoms with Crippen molar-refractivity contribution in [3.63, 3.8) is 0 Å². The Morgan fingerprint density at radius 1 is 1.12 bits per heavy atom. The number of nitrogens with one attached hydrogen (secondary N) is 1. The van der Waals surface area contributed by atoms with Gasteiger partial charge in [0.1, 0.15) is 5.75 Å². The van der Waals surface area contributed by atoms with Gasteiger partial charge in [0.05, 0.1) is 19.6 Å². The summed E-state index contributed by atoms with van der Waals surface area (Å²) in [6, 6.07) is 16.8. The molecule has 0 aliphatic carbocycles. The van der Waals surface area contributed by atoms with Crippen LogP contribution >= 0.6 is 0 Å². The molecule has 1 N–H and O–H groups in total. The number of anilines is 1. The molecular formula is C20H24N2O3. The Morgan fingerprint density at radius 3 is 2.48 bits per heavy atom. The fourth-order valence-electron chi connectivity index (χ4n) is 2.70. The molecule has 2 rings (SSSR count). The van der Waals surface area contributed by atoms with Gasteiger partial charge in [0, 0.05) is 18.8 Å². The third kappa shape index (κ3) is 5.08. The maximum atomic E-state index is 12.7. The Hall–Kier alpha value is -2.82. The summed E-state index contributed by atoms with van der Waals surface area (Å²) in [4.78, 5) is 26.4. The molecule has 0 radical (unpaired) electrons. The van der Waals surface area contributed by atoms with Crippen molar-refractivity contribution in [2.45, 2.75) is 19.3 Å². The van der Waals surface area contributed by atoms with Crippen molar-refractivity contribution in [2.75, 3.05) is 26.0 Å². The molecular weight excluding hydrogens is 316 g/mol. The molecule has 2 aromatic carbocycles. The number of benzene rings is 2. The maximum absolute atomic E-state index is 12.7. The number of hydrogen-bond donors (Lipinski definition) is 1. The fraction of sp³-hybridized carbons (Fsp3) is 0.300. The van der Waals surface area contributed by atoms with Crippen LogP contribution in [0.4, 0.5) is 5.69 Å². The van der Waals surface area contributed by atoms with Gasteiger partial charge in [-0.3, -0.25) is 9.59 Å². The molecule has 0 aliphatic rings. The Kier molecular flexibility index (Phi) is 6.57. The van der Waals surface area contributed by atoms with E-state index in [0.717, 1.165) is 5.56 Å². The molecule has 0 aliphatic heterocycles. The Labute approximate surface area is 148 Å². The van der Waals surface area contributed by atoms with E-state index in [2.05, 4.69) is 5.32 Å². The minimum atomic E-state index is -0.244. The smallest absolute Gasteiger partial charge is 0.243 e. The van der Waals surface area contributed by atoms with Gasteiger partial charge in [0.15, 0.2) is 0 Å². The van der Waals surface area contributed by atoms with Crippen LogP contribution in [-0.2, 0) is 9.59 Å². The lowest BCUT2D eigenvalue weighted by Gasteiger charge is -2.23. The van der Waals surface area contributed by atoms with Crippen LogP contribution in [-0.4, -0.2) is 37.4 Å². The van der Waals surface area contributed by atoms with E-state index in [-0.39, 0.29) is 24.3 Å². The van der Waals surface area contributed by atoms with Gasteiger partial charge < -0.3 is 15.0 Å². The number of ether oxygens (including phenoxy) is 1. The van der Waals surface area contributed by atoms with E-state index in [1.165, 1.54) is 4.90 Å². The maximum Gasteiger partial charge on any atom is 0.243 e. The number of hydrogen-bond acceptors (Lipinski definition) is 3. The van der Waals surface area contributed by atoms with Gasteiger partial charge >= 0.3 is 0 Å². The molecule has 0 aromatic heterocycles. The number of likely N-dealkylation sites (N-methyl/N-ethyl adjacent to an activating group) is 1. The standard InChI is InChI=1S/C20H24N2O3/c1-4-18(15-9-6-5-7-10-15)20(24)22(2)14-19(23)21-16-11-8-12-17(13-16)25-3/h5-13,18H,4,14H2,1-3H3,(H,21,23). The second kappa shape index (κ2) is 8.87. The average molecular weight is 340 g/mol. The van der Waals surface area contributed by atoms with Crippen LogP contribution < -0.4 is 10.1 Å². The SMILES string of the molecule is CCC(C(=O)N(C)CC(=O)Nc1cccc(OC)c1)c1ccccc1. The van der Waals surface area contributed by atoms with Crippen LogP contribution in [0.15, 0.2) is 54.6 Å². The van der Waals surface area contributed by atoms with Crippen LogP contribution in [0.1, 0.15) is 24.8 Å². The Morgan fingerprint density at radius 2 is 1.84 bits per heavy atom. The van der Waals surface area contributed by atoms with Crippen molar-refractivity contribution in [1.29, 1.82) is 0 Å². The van der Waals surface area contributed by atoms with E-state index in [4.69, 9.17) is 4.74 Å². The van der Waals surface area contributed by atoms with Gasteiger partial charge in [-0.25, -0.2) is 0 Å². The van der Waals surface area contributed by atoms with Crippen molar-refractivity contribution < 1.29 is 14.3 Å². The first-order chi connectivity index (χ1) is 12.0. The van der Waals surface area contributed by atoms with Crippen LogP contribution in [0.25, 0.3) is 0 Å². The fourth-order valence-corrected chi connectivity index (χ4v) is 2.70. The lowest BCUT2D eigenvalue weighted by Crippen LogP contribution is -2.37. The molecule has 2 aromatic rings. The van der Waals surface area contributed by atoms with Crippen LogP contribution in [0.2, 0.25) is 0 Å². The van der Waals surface area contributed by atoms with Crippen molar-refractivity contribution in [3.8, 4) is 5.75 Å². The molecule has 0 saturated heterocycles. The highest BCUT2D eigenvalue weighted by Crippen LogP contribution is 2.21. The van der Waals surface area contributed by atoms with Gasteiger partial charge in [-0.1, -0.05) is 43.3 Å². The minimum absolute atomic E-state index is 0.000618. The van der Waals surface area contributed by atoms with Crippen LogP contribution in [0.5, 0.6) is 5.75 Å². The summed E-state index contributed by atoms with van der Waals surface area (Å²) in [5.74, 6) is 0.120. The first-order valence-electron chi connectivity index (χ1n) is 8.29. The van der Waals surface area contributed by atoms with E-state index in [9.17, 15) is 9.59 Å². The van der Waals surface area contributed by atoms with E-state index >= 15 is 0 Å². The summed E-state index contributed by atoms with van der Waals surface area (Å²) >= 11 is 0. The number of carbonyl (C=O) groups excluding carboxylic acids is 2. The molecule has 1 atom stereocenters. The average Bonchev–Trinajstić information content (AvgIpc) is 2.63. The normalized spacial score (nSPS) is 11.5. The van der Waals surface area contributed by atoms with Crippen LogP contribution in [0, 0.1) is 0 Å². The number of methoxy groups -OCH3 is 1. The quantitative estimate of drug-likeness (QED) is 0.841. The summed E-state index contributed by atoms with van der Waals surface area (Å²) in [6.45, 7) is 1.97. The Bertz CT molecular complexity index is 716. The van der Waals surface area contributed by atoms with E-state index in [1.54, 1.807) is 38.4 Å². The zero-order valence-electron chi connectivity index (χ0n) is 14.9. The van der Waals surface area contributed by atoms with Gasteiger partial charge in [0.25, 0.3) is 0 Å². The lowest BCUT2D eigenvalue weighted by atomic mass is 9.95. The molecule has 1 unspecified atom stereocenters. The molecule has 25 heavy (non-hydrogen) atoms. The summed E-state index contributed by atoms with van der Waals surface area (Å²) in [7, 11) is 3.22. The van der Waals surface area contributed by atoms with Crippen molar-refractivity contribution in [2.24, 2.45) is 0 Å². The predicted octanol–water partition coefficient (Wildman–Crippen LogP) is 3.29. The molecule has 5 heteroatoms. The summed E-state index contributed by atoms with van der Waals surface area (Å²) in [5, 5.41) is 2.79. The molecule has 0 bridgehead atoms. The zero-order valence-corrected chi connectivity index (χ0v) is 14.9. The van der Waals surface area contributed by atoms with Crippen molar-refractivity contribution in [1.82, 2.24) is 4.90 Å². The van der Waals surface area contributed by atoms with Crippen molar-refractivity contribution >= 4 is 17.5 Å². The molecule has 0 fully saturated rings. The predicted molar refractivity (Wildman–Crippen MR) is 98.7 cm³/mol. The zero-order chi connectivity index (χ0) is 18.2. The van der Waals surface area contributed by atoms with E-state index < -0.39 is 0 Å². The second-order valence-electron chi connectivity index (χ2n) is 5.85. The lowest BCUT2D eigenvalue weighted by molar-refractivity contribution is -0.134. The highest BCUT2D eigenvalue weighted by Gasteiger charge is 2.23. The van der Waals surface area contributed by atoms with E-state index in [0.29, 0.717) is 17.9 Å². The molecule has 0 saturated carbocycles.